The summed E-state index contributed by atoms with van der Waals surface area (Å²) in [7, 11) is 1.75. The summed E-state index contributed by atoms with van der Waals surface area (Å²) in [6.45, 7) is 4.37. The van der Waals surface area contributed by atoms with Gasteiger partial charge < -0.3 is 9.88 Å². The molecule has 1 amide bonds. The van der Waals surface area contributed by atoms with Gasteiger partial charge in [-0.15, -0.1) is 0 Å². The molecule has 0 spiro atoms. The smallest absolute Gasteiger partial charge is 0.255 e. The van der Waals surface area contributed by atoms with Gasteiger partial charge in [-0.25, -0.2) is 4.98 Å². The fourth-order valence-electron chi connectivity index (χ4n) is 2.99. The molecule has 1 aromatic carbocycles. The summed E-state index contributed by atoms with van der Waals surface area (Å²) in [4.78, 5) is 38.0. The highest BCUT2D eigenvalue weighted by molar-refractivity contribution is 5.78. The first-order valence-corrected chi connectivity index (χ1v) is 9.30. The van der Waals surface area contributed by atoms with Crippen molar-refractivity contribution in [3.63, 3.8) is 0 Å². The number of benzene rings is 1. The van der Waals surface area contributed by atoms with Gasteiger partial charge in [0.25, 0.3) is 5.56 Å². The number of aromatic nitrogens is 3. The van der Waals surface area contributed by atoms with Crippen LogP contribution in [0.1, 0.15) is 29.3 Å². The van der Waals surface area contributed by atoms with Crippen molar-refractivity contribution in [3.8, 4) is 11.4 Å². The second-order valence-electron chi connectivity index (χ2n) is 6.81. The molecule has 1 N–H and O–H groups in total. The van der Waals surface area contributed by atoms with E-state index >= 15 is 0 Å². The average molecular weight is 376 g/mol. The Labute approximate surface area is 164 Å². The summed E-state index contributed by atoms with van der Waals surface area (Å²) in [5.41, 5.74) is 3.78. The zero-order chi connectivity index (χ0) is 20.1. The molecule has 0 unspecified atom stereocenters. The topological polar surface area (TPSA) is 79.0 Å². The van der Waals surface area contributed by atoms with Crippen LogP contribution in [0.25, 0.3) is 11.4 Å². The highest BCUT2D eigenvalue weighted by Crippen LogP contribution is 2.14. The molecule has 0 saturated heterocycles. The van der Waals surface area contributed by atoms with Gasteiger partial charge in [0.1, 0.15) is 5.82 Å². The molecule has 0 bridgehead atoms. The Morgan fingerprint density at radius 1 is 1.07 bits per heavy atom. The molecular weight excluding hydrogens is 352 g/mol. The first-order valence-electron chi connectivity index (χ1n) is 9.30. The Morgan fingerprint density at radius 2 is 1.71 bits per heavy atom. The van der Waals surface area contributed by atoms with Crippen LogP contribution < -0.4 is 5.56 Å². The fraction of sp³-hybridized carbons (Fsp3) is 0.273. The number of nitrogens with zero attached hydrogens (tertiary/aromatic N) is 3. The molecule has 0 fully saturated rings. The van der Waals surface area contributed by atoms with Gasteiger partial charge in [-0.2, -0.15) is 0 Å². The second-order valence-corrected chi connectivity index (χ2v) is 6.81. The van der Waals surface area contributed by atoms with Gasteiger partial charge in [0, 0.05) is 42.8 Å². The number of carbonyl (C=O) groups excluding carboxylic acids is 1. The van der Waals surface area contributed by atoms with Crippen molar-refractivity contribution in [1.29, 1.82) is 0 Å². The molecule has 0 aliphatic rings. The lowest BCUT2D eigenvalue weighted by Crippen LogP contribution is -2.30. The van der Waals surface area contributed by atoms with Gasteiger partial charge in [-0.1, -0.05) is 31.2 Å². The molecule has 6 nitrogen and oxygen atoms in total. The van der Waals surface area contributed by atoms with Crippen LogP contribution in [0.4, 0.5) is 0 Å². The zero-order valence-corrected chi connectivity index (χ0v) is 16.4. The Kier molecular flexibility index (Phi) is 5.99. The summed E-state index contributed by atoms with van der Waals surface area (Å²) in [5.74, 6) is 0.358. The molecule has 144 valence electrons. The molecule has 6 heteroatoms. The fourth-order valence-corrected chi connectivity index (χ4v) is 2.99. The van der Waals surface area contributed by atoms with Crippen molar-refractivity contribution >= 4 is 5.91 Å². The molecule has 2 aromatic heterocycles. The highest BCUT2D eigenvalue weighted by atomic mass is 16.2. The SMILES string of the molecule is CCc1ccc(CN(C)C(=O)Cc2c(C)nc(-c3ccncc3)[nH]c2=O)cc1. The van der Waals surface area contributed by atoms with Crippen molar-refractivity contribution in [2.45, 2.75) is 33.2 Å². The number of rotatable bonds is 6. The standard InChI is InChI=1S/C22H24N4O2/c1-4-16-5-7-17(8-6-16)14-26(3)20(27)13-19-15(2)24-21(25-22(19)28)18-9-11-23-12-10-18/h5-12H,4,13-14H2,1-3H3,(H,24,25,28). The lowest BCUT2D eigenvalue weighted by atomic mass is 10.1. The van der Waals surface area contributed by atoms with E-state index < -0.39 is 0 Å². The number of hydrogen-bond acceptors (Lipinski definition) is 4. The number of nitrogens with one attached hydrogen (secondary N) is 1. The number of hydrogen-bond donors (Lipinski definition) is 1. The van der Waals surface area contributed by atoms with Crippen LogP contribution in [-0.2, 0) is 24.2 Å². The van der Waals surface area contributed by atoms with Gasteiger partial charge in [0.2, 0.25) is 5.91 Å². The molecule has 28 heavy (non-hydrogen) atoms. The molecular formula is C22H24N4O2. The Morgan fingerprint density at radius 3 is 2.32 bits per heavy atom. The van der Waals surface area contributed by atoms with E-state index in [9.17, 15) is 9.59 Å². The van der Waals surface area contributed by atoms with Gasteiger partial charge in [-0.05, 0) is 36.6 Å². The molecule has 0 aliphatic carbocycles. The number of aromatic amines is 1. The van der Waals surface area contributed by atoms with Crippen LogP contribution in [0.2, 0.25) is 0 Å². The largest absolute Gasteiger partial charge is 0.341 e. The van der Waals surface area contributed by atoms with Crippen LogP contribution in [-0.4, -0.2) is 32.8 Å². The second kappa shape index (κ2) is 8.61. The van der Waals surface area contributed by atoms with E-state index in [-0.39, 0.29) is 17.9 Å². The highest BCUT2D eigenvalue weighted by Gasteiger charge is 2.16. The first kappa shape index (κ1) is 19.5. The summed E-state index contributed by atoms with van der Waals surface area (Å²) >= 11 is 0. The molecule has 0 atom stereocenters. The van der Waals surface area contributed by atoms with E-state index in [0.717, 1.165) is 17.5 Å². The van der Waals surface area contributed by atoms with E-state index in [1.165, 1.54) is 5.56 Å². The molecule has 0 radical (unpaired) electrons. The van der Waals surface area contributed by atoms with Gasteiger partial charge in [-0.3, -0.25) is 14.6 Å². The third-order valence-electron chi connectivity index (χ3n) is 4.78. The van der Waals surface area contributed by atoms with Crippen LogP contribution in [0.5, 0.6) is 0 Å². The van der Waals surface area contributed by atoms with Gasteiger partial charge >= 0.3 is 0 Å². The zero-order valence-electron chi connectivity index (χ0n) is 16.4. The van der Waals surface area contributed by atoms with Crippen LogP contribution in [0, 0.1) is 6.92 Å². The van der Waals surface area contributed by atoms with Crippen LogP contribution in [0.3, 0.4) is 0 Å². The maximum atomic E-state index is 12.6. The Balaban J connectivity index is 1.73. The summed E-state index contributed by atoms with van der Waals surface area (Å²) in [5, 5.41) is 0. The number of aryl methyl sites for hydroxylation is 2. The van der Waals surface area contributed by atoms with E-state index in [2.05, 4.69) is 34.0 Å². The maximum Gasteiger partial charge on any atom is 0.255 e. The quantitative estimate of drug-likeness (QED) is 0.717. The minimum Gasteiger partial charge on any atom is -0.341 e. The van der Waals surface area contributed by atoms with Crippen molar-refractivity contribution in [2.75, 3.05) is 7.05 Å². The number of H-pyrrole nitrogens is 1. The molecule has 3 aromatic rings. The number of likely N-dealkylation sites (N-methyl/N-ethyl adjacent to an activating group) is 1. The van der Waals surface area contributed by atoms with Crippen molar-refractivity contribution < 1.29 is 4.79 Å². The molecule has 3 rings (SSSR count). The maximum absolute atomic E-state index is 12.6. The number of carbonyl (C=O) groups is 1. The Hall–Kier alpha value is -3.28. The first-order chi connectivity index (χ1) is 13.5. The number of amides is 1. The molecule has 0 aliphatic heterocycles. The van der Waals surface area contributed by atoms with Gasteiger partial charge in [0.05, 0.1) is 6.42 Å². The third-order valence-corrected chi connectivity index (χ3v) is 4.78. The minimum atomic E-state index is -0.284. The molecule has 0 saturated carbocycles. The van der Waals surface area contributed by atoms with E-state index in [1.54, 1.807) is 43.4 Å². The average Bonchev–Trinajstić information content (AvgIpc) is 2.71. The summed E-state index contributed by atoms with van der Waals surface area (Å²) in [6, 6.07) is 11.8. The predicted octanol–water partition coefficient (Wildman–Crippen LogP) is 2.90. The lowest BCUT2D eigenvalue weighted by molar-refractivity contribution is -0.129. The summed E-state index contributed by atoms with van der Waals surface area (Å²) in [6.07, 6.45) is 4.29. The van der Waals surface area contributed by atoms with Crippen molar-refractivity contribution in [2.24, 2.45) is 0 Å². The Bertz CT molecular complexity index is 1010. The molecule has 2 heterocycles. The van der Waals surface area contributed by atoms with Gasteiger partial charge in [0.15, 0.2) is 0 Å². The summed E-state index contributed by atoms with van der Waals surface area (Å²) < 4.78 is 0. The van der Waals surface area contributed by atoms with Crippen molar-refractivity contribution in [1.82, 2.24) is 19.9 Å². The van der Waals surface area contributed by atoms with Crippen LogP contribution >= 0.6 is 0 Å². The van der Waals surface area contributed by atoms with Crippen molar-refractivity contribution in [3.05, 3.63) is 81.5 Å². The predicted molar refractivity (Wildman–Crippen MR) is 109 cm³/mol. The monoisotopic (exact) mass is 376 g/mol. The van der Waals surface area contributed by atoms with E-state index in [4.69, 9.17) is 0 Å². The van der Waals surface area contributed by atoms with Crippen LogP contribution in [0.15, 0.2) is 53.6 Å². The van der Waals surface area contributed by atoms with E-state index in [1.807, 2.05) is 12.1 Å². The van der Waals surface area contributed by atoms with E-state index in [0.29, 0.717) is 23.6 Å². The minimum absolute atomic E-state index is 0.0222. The third kappa shape index (κ3) is 4.52. The normalized spacial score (nSPS) is 10.7. The lowest BCUT2D eigenvalue weighted by Gasteiger charge is -2.18. The number of pyridine rings is 1.